The summed E-state index contributed by atoms with van der Waals surface area (Å²) in [5.74, 6) is -1.81. The van der Waals surface area contributed by atoms with E-state index >= 15 is 0 Å². The SMILES string of the molecule is COC(=O)c1c(Cl)nn([N+](=O)[O-])c1S(=O)(=O)NC(=O)Nc1nc(OC)cc(OC)n1. The van der Waals surface area contributed by atoms with Crippen molar-refractivity contribution in [1.29, 1.82) is 0 Å². The number of carbonyl (C=O) groups excluding carboxylic acids is 2. The second kappa shape index (κ2) is 8.74. The zero-order valence-electron chi connectivity index (χ0n) is 15.3. The van der Waals surface area contributed by atoms with Crippen LogP contribution >= 0.6 is 11.6 Å². The second-order valence-electron chi connectivity index (χ2n) is 4.93. The average molecular weight is 466 g/mol. The Balaban J connectivity index is 2.41. The normalized spacial score (nSPS) is 10.8. The smallest absolute Gasteiger partial charge is 0.346 e. The number of halogens is 1. The van der Waals surface area contributed by atoms with Gasteiger partial charge in [-0.25, -0.2) is 14.3 Å². The van der Waals surface area contributed by atoms with E-state index < -0.39 is 48.7 Å². The molecule has 0 saturated carbocycles. The molecule has 0 fully saturated rings. The molecule has 0 spiro atoms. The fourth-order valence-electron chi connectivity index (χ4n) is 1.96. The zero-order chi connectivity index (χ0) is 22.6. The van der Waals surface area contributed by atoms with Gasteiger partial charge in [0.2, 0.25) is 17.7 Å². The van der Waals surface area contributed by atoms with Gasteiger partial charge in [0.05, 0.1) is 37.5 Å². The van der Waals surface area contributed by atoms with Crippen LogP contribution < -0.4 is 19.5 Å². The number of nitro groups is 1. The predicted octanol–water partition coefficient (Wildman–Crippen LogP) is -0.320. The van der Waals surface area contributed by atoms with E-state index in [2.05, 4.69) is 19.8 Å². The molecule has 0 aliphatic heterocycles. The Labute approximate surface area is 172 Å². The number of rotatable bonds is 7. The molecule has 0 aliphatic carbocycles. The van der Waals surface area contributed by atoms with E-state index in [0.29, 0.717) is 0 Å². The zero-order valence-corrected chi connectivity index (χ0v) is 16.8. The summed E-state index contributed by atoms with van der Waals surface area (Å²) < 4.78 is 40.7. The second-order valence-corrected chi connectivity index (χ2v) is 6.88. The maximum Gasteiger partial charge on any atom is 0.346 e. The van der Waals surface area contributed by atoms with Crippen LogP contribution in [0.3, 0.4) is 0 Å². The molecular weight excluding hydrogens is 454 g/mol. The highest BCUT2D eigenvalue weighted by Crippen LogP contribution is 2.24. The summed E-state index contributed by atoms with van der Waals surface area (Å²) in [5, 5.41) is 12.8. The summed E-state index contributed by atoms with van der Waals surface area (Å²) in [6.45, 7) is 0. The molecule has 0 saturated heterocycles. The van der Waals surface area contributed by atoms with Crippen LogP contribution in [0.15, 0.2) is 11.1 Å². The van der Waals surface area contributed by atoms with Crippen LogP contribution in [0.1, 0.15) is 10.4 Å². The van der Waals surface area contributed by atoms with Crippen LogP contribution in [0.25, 0.3) is 0 Å². The van der Waals surface area contributed by atoms with Crippen molar-refractivity contribution in [3.63, 3.8) is 0 Å². The molecule has 0 bridgehead atoms. The van der Waals surface area contributed by atoms with Crippen LogP contribution in [-0.2, 0) is 14.8 Å². The van der Waals surface area contributed by atoms with E-state index in [4.69, 9.17) is 21.1 Å². The maximum absolute atomic E-state index is 12.6. The molecule has 16 nitrogen and oxygen atoms in total. The summed E-state index contributed by atoms with van der Waals surface area (Å²) >= 11 is 5.63. The third-order valence-electron chi connectivity index (χ3n) is 3.13. The predicted molar refractivity (Wildman–Crippen MR) is 95.4 cm³/mol. The summed E-state index contributed by atoms with van der Waals surface area (Å²) in [7, 11) is -1.64. The number of esters is 1. The van der Waals surface area contributed by atoms with Gasteiger partial charge in [-0.15, -0.1) is 0 Å². The van der Waals surface area contributed by atoms with Gasteiger partial charge in [-0.2, -0.15) is 18.4 Å². The largest absolute Gasteiger partial charge is 0.481 e. The summed E-state index contributed by atoms with van der Waals surface area (Å²) in [6.07, 6.45) is 0. The van der Waals surface area contributed by atoms with Crippen molar-refractivity contribution in [3.05, 3.63) is 26.9 Å². The van der Waals surface area contributed by atoms with Crippen molar-refractivity contribution in [2.24, 2.45) is 0 Å². The lowest BCUT2D eigenvalue weighted by atomic mass is 10.4. The number of aromatic nitrogens is 4. The van der Waals surface area contributed by atoms with E-state index in [1.165, 1.54) is 25.0 Å². The molecule has 2 heterocycles. The van der Waals surface area contributed by atoms with Gasteiger partial charge in [-0.1, -0.05) is 0 Å². The van der Waals surface area contributed by atoms with Crippen molar-refractivity contribution >= 4 is 39.6 Å². The topological polar surface area (TPSA) is 207 Å². The molecule has 2 aromatic rings. The Hall–Kier alpha value is -3.73. The molecule has 0 unspecified atom stereocenters. The lowest BCUT2D eigenvalue weighted by Gasteiger charge is -2.09. The first kappa shape index (κ1) is 22.6. The summed E-state index contributed by atoms with van der Waals surface area (Å²) in [4.78, 5) is 42.3. The fraction of sp³-hybridized carbons (Fsp3) is 0.250. The third-order valence-corrected chi connectivity index (χ3v) is 4.73. The number of ether oxygens (including phenoxy) is 3. The molecule has 0 aromatic carbocycles. The molecule has 2 amide bonds. The number of nitrogens with zero attached hydrogens (tertiary/aromatic N) is 5. The molecular formula is C12H12ClN7O9S. The fourth-order valence-corrected chi connectivity index (χ4v) is 3.42. The Bertz CT molecular complexity index is 1100. The third kappa shape index (κ3) is 4.63. The molecule has 2 rings (SSSR count). The lowest BCUT2D eigenvalue weighted by molar-refractivity contribution is -0.559. The van der Waals surface area contributed by atoms with Crippen molar-refractivity contribution in [1.82, 2.24) is 24.6 Å². The first-order valence-electron chi connectivity index (χ1n) is 7.36. The van der Waals surface area contributed by atoms with Crippen molar-refractivity contribution in [2.45, 2.75) is 5.03 Å². The van der Waals surface area contributed by atoms with Gasteiger partial charge in [0.15, 0.2) is 5.56 Å². The Kier molecular flexibility index (Phi) is 6.57. The Morgan fingerprint density at radius 3 is 2.23 bits per heavy atom. The number of anilines is 1. The minimum Gasteiger partial charge on any atom is -0.481 e. The number of sulfonamides is 1. The van der Waals surface area contributed by atoms with E-state index in [1.807, 2.05) is 5.32 Å². The molecule has 2 N–H and O–H groups in total. The first-order valence-corrected chi connectivity index (χ1v) is 9.22. The van der Waals surface area contributed by atoms with Crippen LogP contribution in [0, 0.1) is 10.1 Å². The Morgan fingerprint density at radius 2 is 1.77 bits per heavy atom. The lowest BCUT2D eigenvalue weighted by Crippen LogP contribution is -2.37. The van der Waals surface area contributed by atoms with Gasteiger partial charge in [0.1, 0.15) is 0 Å². The van der Waals surface area contributed by atoms with Crippen molar-refractivity contribution in [2.75, 3.05) is 26.6 Å². The molecule has 0 aliphatic rings. The van der Waals surface area contributed by atoms with Gasteiger partial charge in [0, 0.05) is 4.79 Å². The van der Waals surface area contributed by atoms with E-state index in [-0.39, 0.29) is 16.6 Å². The molecule has 0 atom stereocenters. The standard InChI is InChI=1S/C12H12ClN7O9S/c1-27-5-4-6(28-2)15-11(14-5)16-12(22)18-30(25,26)9-7(10(21)29-3)8(13)17-19(9)20(23)24/h4H,1-3H3,(H2,14,15,16,18,22). The van der Waals surface area contributed by atoms with Gasteiger partial charge < -0.3 is 24.3 Å². The quantitative estimate of drug-likeness (QED) is 0.306. The molecule has 162 valence electrons. The van der Waals surface area contributed by atoms with E-state index in [1.54, 1.807) is 0 Å². The van der Waals surface area contributed by atoms with Crippen LogP contribution in [0.5, 0.6) is 11.8 Å². The van der Waals surface area contributed by atoms with Crippen molar-refractivity contribution in [3.8, 4) is 11.8 Å². The van der Waals surface area contributed by atoms with Gasteiger partial charge in [-0.05, 0) is 11.6 Å². The highest BCUT2D eigenvalue weighted by molar-refractivity contribution is 7.90. The molecule has 0 radical (unpaired) electrons. The number of hydrogen-bond acceptors (Lipinski definition) is 12. The van der Waals surface area contributed by atoms with Gasteiger partial charge in [-0.3, -0.25) is 5.32 Å². The van der Waals surface area contributed by atoms with E-state index in [0.717, 1.165) is 7.11 Å². The number of hydrogen-bond donors (Lipinski definition) is 2. The minimum atomic E-state index is -5.06. The molecule has 18 heteroatoms. The van der Waals surface area contributed by atoms with Crippen LogP contribution in [0.4, 0.5) is 10.7 Å². The first-order chi connectivity index (χ1) is 14.0. The highest BCUT2D eigenvalue weighted by atomic mass is 35.5. The molecule has 2 aromatic heterocycles. The Morgan fingerprint density at radius 1 is 1.20 bits per heavy atom. The van der Waals surface area contributed by atoms with Crippen molar-refractivity contribution < 1.29 is 37.2 Å². The minimum absolute atomic E-state index is 0.0220. The number of amides is 2. The highest BCUT2D eigenvalue weighted by Gasteiger charge is 2.40. The summed E-state index contributed by atoms with van der Waals surface area (Å²) in [5.41, 5.74) is -0.949. The summed E-state index contributed by atoms with van der Waals surface area (Å²) in [6, 6.07) is -0.159. The number of nitrogens with one attached hydrogen (secondary N) is 2. The van der Waals surface area contributed by atoms with Crippen LogP contribution in [0.2, 0.25) is 5.15 Å². The maximum atomic E-state index is 12.6. The van der Waals surface area contributed by atoms with Gasteiger partial charge >= 0.3 is 12.0 Å². The van der Waals surface area contributed by atoms with E-state index in [9.17, 15) is 28.1 Å². The van der Waals surface area contributed by atoms with Gasteiger partial charge in [0.25, 0.3) is 20.2 Å². The number of urea groups is 1. The number of methoxy groups -OCH3 is 3. The monoisotopic (exact) mass is 465 g/mol. The molecule has 30 heavy (non-hydrogen) atoms. The average Bonchev–Trinajstić information content (AvgIpc) is 3.04. The van der Waals surface area contributed by atoms with Crippen LogP contribution in [-0.4, -0.2) is 66.6 Å². The number of carbonyl (C=O) groups is 2.